The Labute approximate surface area is 166 Å². The van der Waals surface area contributed by atoms with E-state index in [0.29, 0.717) is 28.9 Å². The van der Waals surface area contributed by atoms with Gasteiger partial charge in [0, 0.05) is 55.6 Å². The van der Waals surface area contributed by atoms with Gasteiger partial charge in [0.05, 0.1) is 7.11 Å². The lowest BCUT2D eigenvalue weighted by Crippen LogP contribution is -2.48. The molecule has 0 radical (unpaired) electrons. The summed E-state index contributed by atoms with van der Waals surface area (Å²) in [6.45, 7) is 4.88. The van der Waals surface area contributed by atoms with Crippen LogP contribution in [0.25, 0.3) is 0 Å². The second-order valence-corrected chi connectivity index (χ2v) is 7.54. The maximum absolute atomic E-state index is 12.6. The van der Waals surface area contributed by atoms with E-state index in [9.17, 15) is 9.59 Å². The van der Waals surface area contributed by atoms with E-state index in [4.69, 9.17) is 16.3 Å². The standard InChI is InChI=1S/C18H21ClN4O3S/c1-12(24)20-18-21-15(11-27-18)17(25)23-7-5-22(6-8-23)10-13-9-14(19)3-4-16(13)26-2/h3-4,9,11H,5-8,10H2,1-2H3,(H,20,21,24). The van der Waals surface area contributed by atoms with Gasteiger partial charge in [0.2, 0.25) is 5.91 Å². The number of amides is 2. The third-order valence-corrected chi connectivity index (χ3v) is 5.29. The van der Waals surface area contributed by atoms with E-state index in [1.807, 2.05) is 18.2 Å². The minimum absolute atomic E-state index is 0.108. The van der Waals surface area contributed by atoms with E-state index in [-0.39, 0.29) is 11.8 Å². The van der Waals surface area contributed by atoms with Crippen molar-refractivity contribution in [1.29, 1.82) is 0 Å². The molecule has 2 amide bonds. The van der Waals surface area contributed by atoms with Crippen molar-refractivity contribution in [2.24, 2.45) is 0 Å². The Kier molecular flexibility index (Phi) is 6.30. The summed E-state index contributed by atoms with van der Waals surface area (Å²) in [4.78, 5) is 31.9. The highest BCUT2D eigenvalue weighted by molar-refractivity contribution is 7.14. The minimum atomic E-state index is -0.201. The second kappa shape index (κ2) is 8.69. The molecule has 1 aliphatic heterocycles. The van der Waals surface area contributed by atoms with Crippen LogP contribution in [-0.4, -0.2) is 59.9 Å². The lowest BCUT2D eigenvalue weighted by molar-refractivity contribution is -0.114. The largest absolute Gasteiger partial charge is 0.496 e. The number of hydrogen-bond acceptors (Lipinski definition) is 6. The van der Waals surface area contributed by atoms with Crippen LogP contribution in [0.15, 0.2) is 23.6 Å². The average Bonchev–Trinajstić information content (AvgIpc) is 3.10. The van der Waals surface area contributed by atoms with E-state index in [2.05, 4.69) is 15.2 Å². The zero-order valence-electron chi connectivity index (χ0n) is 15.2. The minimum Gasteiger partial charge on any atom is -0.496 e. The number of anilines is 1. The Balaban J connectivity index is 1.57. The Morgan fingerprint density at radius 3 is 2.70 bits per heavy atom. The number of carbonyl (C=O) groups excluding carboxylic acids is 2. The van der Waals surface area contributed by atoms with Gasteiger partial charge in [0.25, 0.3) is 5.91 Å². The zero-order chi connectivity index (χ0) is 19.4. The summed E-state index contributed by atoms with van der Waals surface area (Å²) in [6, 6.07) is 5.59. The monoisotopic (exact) mass is 408 g/mol. The molecule has 1 aromatic carbocycles. The second-order valence-electron chi connectivity index (χ2n) is 6.24. The average molecular weight is 409 g/mol. The quantitative estimate of drug-likeness (QED) is 0.823. The zero-order valence-corrected chi connectivity index (χ0v) is 16.8. The van der Waals surface area contributed by atoms with Gasteiger partial charge in [-0.25, -0.2) is 4.98 Å². The number of nitrogens with zero attached hydrogens (tertiary/aromatic N) is 3. The molecule has 0 unspecified atom stereocenters. The van der Waals surface area contributed by atoms with Crippen LogP contribution in [0.5, 0.6) is 5.75 Å². The van der Waals surface area contributed by atoms with Gasteiger partial charge in [-0.1, -0.05) is 11.6 Å². The lowest BCUT2D eigenvalue weighted by atomic mass is 10.1. The molecule has 144 valence electrons. The van der Waals surface area contributed by atoms with Gasteiger partial charge < -0.3 is 15.0 Å². The molecule has 27 heavy (non-hydrogen) atoms. The predicted octanol–water partition coefficient (Wildman–Crippen LogP) is 2.72. The molecular weight excluding hydrogens is 388 g/mol. The van der Waals surface area contributed by atoms with Crippen LogP contribution in [-0.2, 0) is 11.3 Å². The van der Waals surface area contributed by atoms with Gasteiger partial charge >= 0.3 is 0 Å². The molecular formula is C18H21ClN4O3S. The number of halogens is 1. The number of nitrogens with one attached hydrogen (secondary N) is 1. The fraction of sp³-hybridized carbons (Fsp3) is 0.389. The molecule has 7 nitrogen and oxygen atoms in total. The van der Waals surface area contributed by atoms with Gasteiger partial charge in [-0.2, -0.15) is 0 Å². The van der Waals surface area contributed by atoms with Crippen molar-refractivity contribution in [1.82, 2.24) is 14.8 Å². The van der Waals surface area contributed by atoms with Crippen LogP contribution < -0.4 is 10.1 Å². The van der Waals surface area contributed by atoms with Crippen molar-refractivity contribution >= 4 is 39.9 Å². The summed E-state index contributed by atoms with van der Waals surface area (Å²) in [6.07, 6.45) is 0. The first kappa shape index (κ1) is 19.6. The van der Waals surface area contributed by atoms with E-state index in [1.54, 1.807) is 17.4 Å². The van der Waals surface area contributed by atoms with Gasteiger partial charge in [0.1, 0.15) is 11.4 Å². The number of carbonyl (C=O) groups is 2. The van der Waals surface area contributed by atoms with Gasteiger partial charge in [-0.3, -0.25) is 14.5 Å². The van der Waals surface area contributed by atoms with Crippen molar-refractivity contribution < 1.29 is 14.3 Å². The summed E-state index contributed by atoms with van der Waals surface area (Å²) in [5.74, 6) is 0.502. The number of benzene rings is 1. The van der Waals surface area contributed by atoms with Crippen LogP contribution in [0.3, 0.4) is 0 Å². The molecule has 0 spiro atoms. The highest BCUT2D eigenvalue weighted by Gasteiger charge is 2.24. The molecule has 0 saturated carbocycles. The number of aromatic nitrogens is 1. The Hall–Kier alpha value is -2.16. The van der Waals surface area contributed by atoms with Crippen molar-refractivity contribution in [3.8, 4) is 5.75 Å². The molecule has 0 atom stereocenters. The molecule has 1 aromatic heterocycles. The number of rotatable bonds is 5. The molecule has 2 heterocycles. The van der Waals surface area contributed by atoms with Crippen molar-refractivity contribution in [3.63, 3.8) is 0 Å². The van der Waals surface area contributed by atoms with E-state index in [0.717, 1.165) is 30.9 Å². The first-order chi connectivity index (χ1) is 13.0. The molecule has 2 aromatic rings. The number of thiazole rings is 1. The number of methoxy groups -OCH3 is 1. The fourth-order valence-corrected chi connectivity index (χ4v) is 3.89. The number of piperazine rings is 1. The van der Waals surface area contributed by atoms with E-state index in [1.165, 1.54) is 18.3 Å². The summed E-state index contributed by atoms with van der Waals surface area (Å²) >= 11 is 7.35. The number of ether oxygens (including phenoxy) is 1. The normalized spacial score (nSPS) is 14.9. The molecule has 3 rings (SSSR count). The number of hydrogen-bond donors (Lipinski definition) is 1. The van der Waals surface area contributed by atoms with Crippen LogP contribution >= 0.6 is 22.9 Å². The van der Waals surface area contributed by atoms with Crippen LogP contribution in [0.1, 0.15) is 23.0 Å². The van der Waals surface area contributed by atoms with Gasteiger partial charge in [-0.05, 0) is 18.2 Å². The maximum Gasteiger partial charge on any atom is 0.273 e. The van der Waals surface area contributed by atoms with E-state index >= 15 is 0 Å². The third-order valence-electron chi connectivity index (χ3n) is 4.30. The third kappa shape index (κ3) is 4.97. The highest BCUT2D eigenvalue weighted by Crippen LogP contribution is 2.25. The summed E-state index contributed by atoms with van der Waals surface area (Å²) in [7, 11) is 1.65. The van der Waals surface area contributed by atoms with Gasteiger partial charge in [0.15, 0.2) is 5.13 Å². The summed E-state index contributed by atoms with van der Waals surface area (Å²) in [5.41, 5.74) is 1.40. The maximum atomic E-state index is 12.6. The summed E-state index contributed by atoms with van der Waals surface area (Å²) < 4.78 is 5.40. The topological polar surface area (TPSA) is 74.8 Å². The van der Waals surface area contributed by atoms with Crippen molar-refractivity contribution in [2.75, 3.05) is 38.6 Å². The SMILES string of the molecule is COc1ccc(Cl)cc1CN1CCN(C(=O)c2csc(NC(C)=O)n2)CC1. The van der Waals surface area contributed by atoms with E-state index < -0.39 is 0 Å². The molecule has 1 aliphatic rings. The molecule has 0 bridgehead atoms. The smallest absolute Gasteiger partial charge is 0.273 e. The summed E-state index contributed by atoms with van der Waals surface area (Å²) in [5, 5.41) is 5.40. The first-order valence-electron chi connectivity index (χ1n) is 8.53. The van der Waals surface area contributed by atoms with Crippen LogP contribution in [0.4, 0.5) is 5.13 Å². The first-order valence-corrected chi connectivity index (χ1v) is 9.79. The molecule has 9 heteroatoms. The lowest BCUT2D eigenvalue weighted by Gasteiger charge is -2.34. The molecule has 1 fully saturated rings. The predicted molar refractivity (Wildman–Crippen MR) is 106 cm³/mol. The Morgan fingerprint density at radius 1 is 1.30 bits per heavy atom. The van der Waals surface area contributed by atoms with Gasteiger partial charge in [-0.15, -0.1) is 11.3 Å². The molecule has 1 N–H and O–H groups in total. The molecule has 0 aliphatic carbocycles. The van der Waals surface area contributed by atoms with Crippen LogP contribution in [0, 0.1) is 0 Å². The molecule has 1 saturated heterocycles. The fourth-order valence-electron chi connectivity index (χ4n) is 2.96. The van der Waals surface area contributed by atoms with Crippen LogP contribution in [0.2, 0.25) is 5.02 Å². The Morgan fingerprint density at radius 2 is 2.04 bits per heavy atom. The Bertz CT molecular complexity index is 834. The highest BCUT2D eigenvalue weighted by atomic mass is 35.5. The van der Waals surface area contributed by atoms with Crippen molar-refractivity contribution in [2.45, 2.75) is 13.5 Å². The van der Waals surface area contributed by atoms with Crippen molar-refractivity contribution in [3.05, 3.63) is 39.9 Å².